The van der Waals surface area contributed by atoms with Crippen LogP contribution in [0, 0.1) is 0 Å². The van der Waals surface area contributed by atoms with E-state index in [0.29, 0.717) is 0 Å². The molecule has 1 aromatic heterocycles. The maximum absolute atomic E-state index is 4.33. The van der Waals surface area contributed by atoms with E-state index in [2.05, 4.69) is 57.4 Å². The van der Waals surface area contributed by atoms with E-state index in [1.54, 1.807) is 0 Å². The van der Waals surface area contributed by atoms with Gasteiger partial charge >= 0.3 is 0 Å². The molecule has 2 heterocycles. The number of rotatable bonds is 5. The van der Waals surface area contributed by atoms with Gasteiger partial charge in [0.15, 0.2) is 5.96 Å². The first-order chi connectivity index (χ1) is 10.5. The monoisotopic (exact) mass is 305 g/mol. The van der Waals surface area contributed by atoms with Crippen LogP contribution in [0.15, 0.2) is 23.5 Å². The Balaban J connectivity index is 1.79. The molecule has 5 nitrogen and oxygen atoms in total. The molecule has 0 spiro atoms. The minimum Gasteiger partial charge on any atom is -0.357 e. The Morgan fingerprint density at radius 3 is 2.55 bits per heavy atom. The average molecular weight is 305 g/mol. The Morgan fingerprint density at radius 2 is 1.95 bits per heavy atom. The van der Waals surface area contributed by atoms with Crippen LogP contribution in [0.25, 0.3) is 0 Å². The highest BCUT2D eigenvalue weighted by Crippen LogP contribution is 2.19. The number of piperidine rings is 1. The lowest BCUT2D eigenvalue weighted by Gasteiger charge is -2.41. The molecule has 0 radical (unpaired) electrons. The molecule has 0 unspecified atom stereocenters. The molecule has 124 valence electrons. The number of aliphatic imine (C=N–C) groups is 1. The Labute approximate surface area is 134 Å². The van der Waals surface area contributed by atoms with Crippen molar-refractivity contribution in [3.8, 4) is 0 Å². The summed E-state index contributed by atoms with van der Waals surface area (Å²) in [6.07, 6.45) is 8.21. The number of nitrogens with zero attached hydrogens (tertiary/aromatic N) is 3. The smallest absolute Gasteiger partial charge is 0.191 e. The summed E-state index contributed by atoms with van der Waals surface area (Å²) in [5.41, 5.74) is 1.42. The largest absolute Gasteiger partial charge is 0.357 e. The molecule has 0 atom stereocenters. The van der Waals surface area contributed by atoms with Crippen molar-refractivity contribution in [2.24, 2.45) is 12.0 Å². The van der Waals surface area contributed by atoms with Gasteiger partial charge in [-0.2, -0.15) is 0 Å². The molecule has 1 aliphatic heterocycles. The molecule has 2 rings (SSSR count). The first kappa shape index (κ1) is 16.9. The minimum absolute atomic E-state index is 0.158. The van der Waals surface area contributed by atoms with Crippen molar-refractivity contribution in [1.82, 2.24) is 20.1 Å². The van der Waals surface area contributed by atoms with Gasteiger partial charge in [-0.1, -0.05) is 6.42 Å². The van der Waals surface area contributed by atoms with Gasteiger partial charge in [0.25, 0.3) is 0 Å². The molecule has 1 aromatic rings. The lowest BCUT2D eigenvalue weighted by molar-refractivity contribution is 0.0982. The van der Waals surface area contributed by atoms with Gasteiger partial charge in [-0.15, -0.1) is 0 Å². The van der Waals surface area contributed by atoms with Gasteiger partial charge in [0, 0.05) is 45.1 Å². The summed E-state index contributed by atoms with van der Waals surface area (Å²) in [5.74, 6) is 0.869. The lowest BCUT2D eigenvalue weighted by Crippen LogP contribution is -2.54. The van der Waals surface area contributed by atoms with Crippen LogP contribution >= 0.6 is 0 Å². The van der Waals surface area contributed by atoms with Crippen molar-refractivity contribution in [3.05, 3.63) is 24.0 Å². The molecule has 0 aromatic carbocycles. The third kappa shape index (κ3) is 4.77. The van der Waals surface area contributed by atoms with Gasteiger partial charge < -0.3 is 15.2 Å². The Hall–Kier alpha value is -1.49. The summed E-state index contributed by atoms with van der Waals surface area (Å²) < 4.78 is 2.06. The third-order valence-corrected chi connectivity index (χ3v) is 4.48. The maximum atomic E-state index is 4.33. The van der Waals surface area contributed by atoms with Gasteiger partial charge in [0.1, 0.15) is 0 Å². The second-order valence-corrected chi connectivity index (χ2v) is 6.82. The zero-order valence-electron chi connectivity index (χ0n) is 14.5. The van der Waals surface area contributed by atoms with Crippen LogP contribution in [0.5, 0.6) is 0 Å². The molecule has 1 fully saturated rings. The van der Waals surface area contributed by atoms with E-state index in [1.165, 1.54) is 37.9 Å². The van der Waals surface area contributed by atoms with Crippen molar-refractivity contribution < 1.29 is 0 Å². The summed E-state index contributed by atoms with van der Waals surface area (Å²) in [6.45, 7) is 8.76. The standard InChI is InChI=1S/C17H31N5/c1-17(2,22-9-6-5-7-10-22)14-20-16(18-3)19-12-15-8-11-21(4)13-15/h8,11,13H,5-7,9-10,12,14H2,1-4H3,(H2,18,19,20). The van der Waals surface area contributed by atoms with E-state index in [4.69, 9.17) is 0 Å². The fourth-order valence-corrected chi connectivity index (χ4v) is 2.98. The van der Waals surface area contributed by atoms with E-state index < -0.39 is 0 Å². The van der Waals surface area contributed by atoms with Gasteiger partial charge in [0.2, 0.25) is 0 Å². The molecule has 1 aliphatic rings. The van der Waals surface area contributed by atoms with Crippen molar-refractivity contribution in [1.29, 1.82) is 0 Å². The fourth-order valence-electron chi connectivity index (χ4n) is 2.98. The minimum atomic E-state index is 0.158. The zero-order valence-corrected chi connectivity index (χ0v) is 14.5. The Kier molecular flexibility index (Phi) is 5.89. The first-order valence-corrected chi connectivity index (χ1v) is 8.32. The van der Waals surface area contributed by atoms with Gasteiger partial charge in [-0.05, 0) is 51.4 Å². The lowest BCUT2D eigenvalue weighted by atomic mass is 9.98. The SMILES string of the molecule is CN=C(NCc1ccn(C)c1)NCC(C)(C)N1CCCCC1. The van der Waals surface area contributed by atoms with Crippen LogP contribution in [0.4, 0.5) is 0 Å². The van der Waals surface area contributed by atoms with Gasteiger partial charge in [-0.3, -0.25) is 9.89 Å². The molecule has 1 saturated heterocycles. The number of hydrogen-bond acceptors (Lipinski definition) is 2. The predicted molar refractivity (Wildman–Crippen MR) is 93.1 cm³/mol. The van der Waals surface area contributed by atoms with Crippen LogP contribution in [0.1, 0.15) is 38.7 Å². The summed E-state index contributed by atoms with van der Waals surface area (Å²) in [6, 6.07) is 2.12. The highest BCUT2D eigenvalue weighted by atomic mass is 15.2. The second kappa shape index (κ2) is 7.68. The summed E-state index contributed by atoms with van der Waals surface area (Å²) >= 11 is 0. The van der Waals surface area contributed by atoms with Crippen molar-refractivity contribution in [3.63, 3.8) is 0 Å². The van der Waals surface area contributed by atoms with Gasteiger partial charge in [-0.25, -0.2) is 0 Å². The Bertz CT molecular complexity index is 483. The molecule has 5 heteroatoms. The van der Waals surface area contributed by atoms with Crippen LogP contribution in [0.2, 0.25) is 0 Å². The highest BCUT2D eigenvalue weighted by molar-refractivity contribution is 5.79. The number of hydrogen-bond donors (Lipinski definition) is 2. The summed E-state index contributed by atoms with van der Waals surface area (Å²) in [7, 11) is 3.87. The normalized spacial score (nSPS) is 17.5. The summed E-state index contributed by atoms with van der Waals surface area (Å²) in [5, 5.41) is 6.86. The molecule has 0 bridgehead atoms. The first-order valence-electron chi connectivity index (χ1n) is 8.32. The quantitative estimate of drug-likeness (QED) is 0.645. The summed E-state index contributed by atoms with van der Waals surface area (Å²) in [4.78, 5) is 6.92. The molecule has 22 heavy (non-hydrogen) atoms. The molecule has 2 N–H and O–H groups in total. The van der Waals surface area contributed by atoms with Crippen LogP contribution in [0.3, 0.4) is 0 Å². The van der Waals surface area contributed by atoms with Crippen molar-refractivity contribution in [2.75, 3.05) is 26.7 Å². The molecule has 0 aliphatic carbocycles. The van der Waals surface area contributed by atoms with Crippen LogP contribution < -0.4 is 10.6 Å². The van der Waals surface area contributed by atoms with Crippen molar-refractivity contribution >= 4 is 5.96 Å². The average Bonchev–Trinajstić information content (AvgIpc) is 2.94. The number of aryl methyl sites for hydroxylation is 1. The van der Waals surface area contributed by atoms with E-state index >= 15 is 0 Å². The highest BCUT2D eigenvalue weighted by Gasteiger charge is 2.27. The maximum Gasteiger partial charge on any atom is 0.191 e. The van der Waals surface area contributed by atoms with E-state index in [1.807, 2.05) is 14.1 Å². The van der Waals surface area contributed by atoms with Gasteiger partial charge in [0.05, 0.1) is 0 Å². The predicted octanol–water partition coefficient (Wildman–Crippen LogP) is 1.95. The van der Waals surface area contributed by atoms with E-state index in [-0.39, 0.29) is 5.54 Å². The van der Waals surface area contributed by atoms with E-state index in [0.717, 1.165) is 19.0 Å². The number of nitrogens with one attached hydrogen (secondary N) is 2. The fraction of sp³-hybridized carbons (Fsp3) is 0.706. The third-order valence-electron chi connectivity index (χ3n) is 4.48. The molecule has 0 amide bonds. The zero-order chi connectivity index (χ0) is 16.0. The number of guanidine groups is 1. The topological polar surface area (TPSA) is 44.6 Å². The number of likely N-dealkylation sites (tertiary alicyclic amines) is 1. The number of aromatic nitrogens is 1. The van der Waals surface area contributed by atoms with Crippen LogP contribution in [-0.2, 0) is 13.6 Å². The molecular formula is C17H31N5. The Morgan fingerprint density at radius 1 is 1.23 bits per heavy atom. The molecular weight excluding hydrogens is 274 g/mol. The molecule has 0 saturated carbocycles. The second-order valence-electron chi connectivity index (χ2n) is 6.82. The van der Waals surface area contributed by atoms with Crippen LogP contribution in [-0.4, -0.2) is 47.6 Å². The van der Waals surface area contributed by atoms with Crippen molar-refractivity contribution in [2.45, 2.75) is 45.2 Å². The van der Waals surface area contributed by atoms with E-state index in [9.17, 15) is 0 Å².